The largest absolute Gasteiger partial charge is 0.475 e. The number of furan rings is 1. The minimum Gasteiger partial charge on any atom is -0.475 e. The molecule has 0 fully saturated rings. The first-order chi connectivity index (χ1) is 13.5. The van der Waals surface area contributed by atoms with Crippen LogP contribution in [0.3, 0.4) is 0 Å². The molecule has 0 aliphatic carbocycles. The van der Waals surface area contributed by atoms with E-state index >= 15 is 0 Å². The molecule has 4 rings (SSSR count). The van der Waals surface area contributed by atoms with Gasteiger partial charge in [-0.1, -0.05) is 34.1 Å². The summed E-state index contributed by atoms with van der Waals surface area (Å²) in [5.74, 6) is -0.536. The van der Waals surface area contributed by atoms with Crippen LogP contribution in [0.4, 0.5) is 5.69 Å². The zero-order chi connectivity index (χ0) is 19.7. The van der Waals surface area contributed by atoms with Gasteiger partial charge in [0, 0.05) is 33.4 Å². The van der Waals surface area contributed by atoms with E-state index in [0.29, 0.717) is 12.3 Å². The summed E-state index contributed by atoms with van der Waals surface area (Å²) in [4.78, 5) is 15.7. The second-order valence-electron chi connectivity index (χ2n) is 6.49. The van der Waals surface area contributed by atoms with Gasteiger partial charge < -0.3 is 14.1 Å². The third-order valence-corrected chi connectivity index (χ3v) is 5.01. The Morgan fingerprint density at radius 1 is 1.21 bits per heavy atom. The summed E-state index contributed by atoms with van der Waals surface area (Å²) >= 11 is 3.47. The van der Waals surface area contributed by atoms with Crippen molar-refractivity contribution < 1.29 is 14.3 Å². The fourth-order valence-corrected chi connectivity index (χ4v) is 3.63. The van der Waals surface area contributed by atoms with Crippen molar-refractivity contribution in [3.63, 3.8) is 0 Å². The molecule has 4 aromatic rings. The third kappa shape index (κ3) is 3.64. The van der Waals surface area contributed by atoms with Gasteiger partial charge in [-0.15, -0.1) is 0 Å². The van der Waals surface area contributed by atoms with Crippen molar-refractivity contribution in [2.45, 2.75) is 13.5 Å². The Morgan fingerprint density at radius 3 is 2.79 bits per heavy atom. The first-order valence-electron chi connectivity index (χ1n) is 8.71. The summed E-state index contributed by atoms with van der Waals surface area (Å²) < 4.78 is 8.47. The topological polar surface area (TPSA) is 67.7 Å². The molecule has 2 heterocycles. The highest BCUT2D eigenvalue weighted by molar-refractivity contribution is 9.10. The number of aliphatic imine (C=N–C) groups is 1. The van der Waals surface area contributed by atoms with Crippen LogP contribution < -0.4 is 0 Å². The lowest BCUT2D eigenvalue weighted by atomic mass is 10.2. The Labute approximate surface area is 170 Å². The predicted octanol–water partition coefficient (Wildman–Crippen LogP) is 5.80. The van der Waals surface area contributed by atoms with Gasteiger partial charge in [0.05, 0.1) is 12.2 Å². The number of aromatic nitrogens is 1. The van der Waals surface area contributed by atoms with E-state index in [0.717, 1.165) is 32.2 Å². The second-order valence-corrected chi connectivity index (χ2v) is 7.41. The summed E-state index contributed by atoms with van der Waals surface area (Å²) in [5, 5.41) is 10.1. The number of hydrogen-bond donors (Lipinski definition) is 1. The Morgan fingerprint density at radius 2 is 2.04 bits per heavy atom. The van der Waals surface area contributed by atoms with Crippen molar-refractivity contribution in [2.75, 3.05) is 0 Å². The Kier molecular flexibility index (Phi) is 4.88. The van der Waals surface area contributed by atoms with E-state index in [4.69, 9.17) is 9.52 Å². The minimum absolute atomic E-state index is 0.0565. The monoisotopic (exact) mass is 436 g/mol. The number of hydrogen-bond acceptors (Lipinski definition) is 3. The zero-order valence-electron chi connectivity index (χ0n) is 15.1. The van der Waals surface area contributed by atoms with Gasteiger partial charge in [-0.2, -0.15) is 0 Å². The summed E-state index contributed by atoms with van der Waals surface area (Å²) in [7, 11) is 0. The number of benzene rings is 2. The molecule has 0 saturated carbocycles. The maximum atomic E-state index is 11.0. The van der Waals surface area contributed by atoms with E-state index in [1.807, 2.05) is 66.4 Å². The van der Waals surface area contributed by atoms with E-state index in [1.54, 1.807) is 6.07 Å². The fraction of sp³-hybridized carbons (Fsp3) is 0.0909. The average Bonchev–Trinajstić information content (AvgIpc) is 3.27. The second kappa shape index (κ2) is 7.48. The maximum absolute atomic E-state index is 11.0. The summed E-state index contributed by atoms with van der Waals surface area (Å²) in [6.07, 6.45) is 3.87. The molecule has 2 aromatic heterocycles. The molecular formula is C22H17BrN2O3. The van der Waals surface area contributed by atoms with E-state index in [1.165, 1.54) is 6.07 Å². The molecule has 5 nitrogen and oxygen atoms in total. The van der Waals surface area contributed by atoms with Crippen LogP contribution in [0.5, 0.6) is 0 Å². The number of nitrogens with zero attached hydrogens (tertiary/aromatic N) is 2. The smallest absolute Gasteiger partial charge is 0.371 e. The number of halogens is 1. The zero-order valence-corrected chi connectivity index (χ0v) is 16.7. The fourth-order valence-electron chi connectivity index (χ4n) is 3.16. The summed E-state index contributed by atoms with van der Waals surface area (Å²) in [6, 6.07) is 17.2. The lowest BCUT2D eigenvalue weighted by molar-refractivity contribution is 0.0660. The average molecular weight is 437 g/mol. The Bertz CT molecular complexity index is 1200. The van der Waals surface area contributed by atoms with Crippen molar-refractivity contribution in [1.82, 2.24) is 4.57 Å². The van der Waals surface area contributed by atoms with Gasteiger partial charge >= 0.3 is 5.97 Å². The van der Waals surface area contributed by atoms with E-state index in [2.05, 4.69) is 20.9 Å². The molecule has 0 spiro atoms. The van der Waals surface area contributed by atoms with Gasteiger partial charge in [0.25, 0.3) is 0 Å². The van der Waals surface area contributed by atoms with Crippen LogP contribution in [-0.2, 0) is 6.54 Å². The number of aromatic carboxylic acids is 1. The number of para-hydroxylation sites is 1. The number of carboxylic acids is 1. The molecule has 0 saturated heterocycles. The highest BCUT2D eigenvalue weighted by Crippen LogP contribution is 2.25. The number of aryl methyl sites for hydroxylation is 1. The predicted molar refractivity (Wildman–Crippen MR) is 113 cm³/mol. The van der Waals surface area contributed by atoms with Gasteiger partial charge in [-0.25, -0.2) is 4.79 Å². The van der Waals surface area contributed by atoms with Crippen molar-refractivity contribution >= 4 is 44.7 Å². The van der Waals surface area contributed by atoms with Gasteiger partial charge in [0.15, 0.2) is 0 Å². The molecule has 28 heavy (non-hydrogen) atoms. The maximum Gasteiger partial charge on any atom is 0.371 e. The molecule has 0 radical (unpaired) electrons. The number of fused-ring (bicyclic) bond motifs is 1. The lowest BCUT2D eigenvalue weighted by Gasteiger charge is -2.02. The molecule has 0 aliphatic rings. The normalized spacial score (nSPS) is 11.5. The number of carbonyl (C=O) groups is 1. The Balaban J connectivity index is 1.69. The van der Waals surface area contributed by atoms with Crippen LogP contribution in [0.15, 0.2) is 74.7 Å². The van der Waals surface area contributed by atoms with Gasteiger partial charge in [-0.3, -0.25) is 4.99 Å². The molecule has 0 bridgehead atoms. The van der Waals surface area contributed by atoms with Gasteiger partial charge in [0.1, 0.15) is 5.76 Å². The van der Waals surface area contributed by atoms with Gasteiger partial charge in [-0.05, 0) is 48.9 Å². The van der Waals surface area contributed by atoms with Crippen molar-refractivity contribution in [2.24, 2.45) is 4.99 Å². The van der Waals surface area contributed by atoms with Crippen LogP contribution in [0.1, 0.15) is 27.4 Å². The SMILES string of the molecule is Cc1cc(Br)ccc1N=Cc1cn(Cc2ccc(C(=O)O)o2)c2ccccc12. The molecule has 0 aliphatic heterocycles. The third-order valence-electron chi connectivity index (χ3n) is 4.52. The van der Waals surface area contributed by atoms with Crippen molar-refractivity contribution in [3.05, 3.63) is 87.9 Å². The van der Waals surface area contributed by atoms with Crippen LogP contribution in [0.25, 0.3) is 10.9 Å². The first-order valence-corrected chi connectivity index (χ1v) is 9.50. The number of rotatable bonds is 5. The summed E-state index contributed by atoms with van der Waals surface area (Å²) in [5.41, 5.74) is 4.02. The van der Waals surface area contributed by atoms with Crippen LogP contribution in [0, 0.1) is 6.92 Å². The molecule has 140 valence electrons. The van der Waals surface area contributed by atoms with Crippen LogP contribution >= 0.6 is 15.9 Å². The molecule has 0 unspecified atom stereocenters. The first kappa shape index (κ1) is 18.3. The summed E-state index contributed by atoms with van der Waals surface area (Å²) in [6.45, 7) is 2.47. The molecule has 6 heteroatoms. The van der Waals surface area contributed by atoms with E-state index in [9.17, 15) is 4.79 Å². The molecule has 0 atom stereocenters. The lowest BCUT2D eigenvalue weighted by Crippen LogP contribution is -1.97. The highest BCUT2D eigenvalue weighted by atomic mass is 79.9. The van der Waals surface area contributed by atoms with Crippen LogP contribution in [-0.4, -0.2) is 21.9 Å². The van der Waals surface area contributed by atoms with E-state index in [-0.39, 0.29) is 5.76 Å². The standard InChI is InChI=1S/C22H17BrN2O3/c1-14-10-16(23)6-8-19(14)24-11-15-12-25(20-5-3-2-4-18(15)20)13-17-7-9-21(28-17)22(26)27/h2-12H,13H2,1H3,(H,26,27). The van der Waals surface area contributed by atoms with E-state index < -0.39 is 5.97 Å². The highest BCUT2D eigenvalue weighted by Gasteiger charge is 2.12. The minimum atomic E-state index is -1.07. The molecule has 1 N–H and O–H groups in total. The van der Waals surface area contributed by atoms with Crippen molar-refractivity contribution in [1.29, 1.82) is 0 Å². The number of carboxylic acid groups (broad SMARTS) is 1. The quantitative estimate of drug-likeness (QED) is 0.401. The van der Waals surface area contributed by atoms with Crippen LogP contribution in [0.2, 0.25) is 0 Å². The molecule has 0 amide bonds. The Hall–Kier alpha value is -3.12. The molecular weight excluding hydrogens is 420 g/mol. The van der Waals surface area contributed by atoms with Gasteiger partial charge in [0.2, 0.25) is 5.76 Å². The van der Waals surface area contributed by atoms with Crippen molar-refractivity contribution in [3.8, 4) is 0 Å². The molecule has 2 aromatic carbocycles.